The Bertz CT molecular complexity index is 999. The third-order valence-corrected chi connectivity index (χ3v) is 6.89. The van der Waals surface area contributed by atoms with E-state index in [2.05, 4.69) is 50.9 Å². The Kier molecular flexibility index (Phi) is 10.9. The van der Waals surface area contributed by atoms with Crippen LogP contribution in [0.3, 0.4) is 0 Å². The minimum absolute atomic E-state index is 0.164. The fourth-order valence-electron chi connectivity index (χ4n) is 4.82. The highest BCUT2D eigenvalue weighted by Gasteiger charge is 2.36. The summed E-state index contributed by atoms with van der Waals surface area (Å²) >= 11 is 0. The van der Waals surface area contributed by atoms with Crippen molar-refractivity contribution >= 4 is 0 Å². The largest absolute Gasteiger partial charge is 0.496 e. The average Bonchev–Trinajstić information content (AvgIpc) is 2.85. The number of aryl methyl sites for hydroxylation is 1. The lowest BCUT2D eigenvalue weighted by Crippen LogP contribution is -2.32. The Balaban J connectivity index is 2.05. The molecule has 2 aromatic rings. The summed E-state index contributed by atoms with van der Waals surface area (Å²) in [6.45, 7) is 8.71. The lowest BCUT2D eigenvalue weighted by Gasteiger charge is -2.32. The maximum Gasteiger partial charge on any atom is 0.161 e. The van der Waals surface area contributed by atoms with Gasteiger partial charge in [-0.05, 0) is 80.6 Å². The minimum Gasteiger partial charge on any atom is -0.496 e. The van der Waals surface area contributed by atoms with E-state index in [9.17, 15) is 5.26 Å². The molecule has 0 fully saturated rings. The van der Waals surface area contributed by atoms with Crippen molar-refractivity contribution in [3.8, 4) is 23.3 Å². The van der Waals surface area contributed by atoms with Crippen molar-refractivity contribution in [1.29, 1.82) is 5.26 Å². The van der Waals surface area contributed by atoms with Crippen molar-refractivity contribution in [1.82, 2.24) is 4.90 Å². The molecule has 0 spiro atoms. The van der Waals surface area contributed by atoms with Crippen LogP contribution in [0.4, 0.5) is 0 Å². The standard InChI is InChI=1S/C29H42N2O4/c1-21(2)29(20-30,25-10-11-26(33-6)27(18-25)34-7)13-9-14-31(4)15-12-23-16-22(3)28(35-8)24(17-23)19-32-5/h10-11,16-18,21H,9,12-15,19H2,1-8H3. The predicted molar refractivity (Wildman–Crippen MR) is 141 cm³/mol. The molecule has 6 heteroatoms. The number of hydrogen-bond acceptors (Lipinski definition) is 6. The van der Waals surface area contributed by atoms with Crippen molar-refractivity contribution in [2.45, 2.75) is 52.1 Å². The first-order valence-corrected chi connectivity index (χ1v) is 12.2. The Morgan fingerprint density at radius 2 is 1.69 bits per heavy atom. The molecule has 0 aliphatic carbocycles. The molecule has 1 unspecified atom stereocenters. The zero-order chi connectivity index (χ0) is 26.0. The second-order valence-electron chi connectivity index (χ2n) is 9.50. The molecular formula is C29H42N2O4. The van der Waals surface area contributed by atoms with Crippen molar-refractivity contribution in [3.63, 3.8) is 0 Å². The zero-order valence-corrected chi connectivity index (χ0v) is 22.7. The molecule has 35 heavy (non-hydrogen) atoms. The van der Waals surface area contributed by atoms with Crippen LogP contribution in [0.1, 0.15) is 48.9 Å². The Hall–Kier alpha value is -2.75. The number of hydrogen-bond donors (Lipinski definition) is 0. The second kappa shape index (κ2) is 13.4. The van der Waals surface area contributed by atoms with E-state index in [1.54, 1.807) is 28.4 Å². The second-order valence-corrected chi connectivity index (χ2v) is 9.50. The third-order valence-electron chi connectivity index (χ3n) is 6.89. The molecule has 0 saturated heterocycles. The Labute approximate surface area is 211 Å². The van der Waals surface area contributed by atoms with Gasteiger partial charge in [0, 0.05) is 19.2 Å². The van der Waals surface area contributed by atoms with Gasteiger partial charge in [-0.3, -0.25) is 0 Å². The summed E-state index contributed by atoms with van der Waals surface area (Å²) in [5, 5.41) is 10.3. The molecule has 1 atom stereocenters. The van der Waals surface area contributed by atoms with Crippen molar-refractivity contribution in [2.75, 3.05) is 48.6 Å². The smallest absolute Gasteiger partial charge is 0.161 e. The Morgan fingerprint density at radius 1 is 0.971 bits per heavy atom. The van der Waals surface area contributed by atoms with Crippen LogP contribution in [-0.2, 0) is 23.2 Å². The van der Waals surface area contributed by atoms with Gasteiger partial charge in [-0.25, -0.2) is 0 Å². The van der Waals surface area contributed by atoms with Crippen LogP contribution in [0.5, 0.6) is 17.2 Å². The topological polar surface area (TPSA) is 64.0 Å². The minimum atomic E-state index is -0.581. The van der Waals surface area contributed by atoms with E-state index in [-0.39, 0.29) is 5.92 Å². The van der Waals surface area contributed by atoms with Crippen molar-refractivity contribution in [2.24, 2.45) is 5.92 Å². The number of rotatable bonds is 14. The summed E-state index contributed by atoms with van der Waals surface area (Å²) in [5.41, 5.74) is 3.89. The lowest BCUT2D eigenvalue weighted by atomic mass is 9.69. The van der Waals surface area contributed by atoms with Crippen LogP contribution in [0.25, 0.3) is 0 Å². The first-order valence-electron chi connectivity index (χ1n) is 12.2. The zero-order valence-electron chi connectivity index (χ0n) is 22.7. The summed E-state index contributed by atoms with van der Waals surface area (Å²) in [4.78, 5) is 2.34. The van der Waals surface area contributed by atoms with E-state index in [4.69, 9.17) is 18.9 Å². The van der Waals surface area contributed by atoms with Crippen molar-refractivity contribution in [3.05, 3.63) is 52.6 Å². The molecule has 0 amide bonds. The predicted octanol–water partition coefficient (Wildman–Crippen LogP) is 5.54. The monoisotopic (exact) mass is 482 g/mol. The molecule has 192 valence electrons. The van der Waals surface area contributed by atoms with E-state index >= 15 is 0 Å². The lowest BCUT2D eigenvalue weighted by molar-refractivity contribution is 0.181. The van der Waals surface area contributed by atoms with Gasteiger partial charge in [-0.1, -0.05) is 26.0 Å². The van der Waals surface area contributed by atoms with Crippen LogP contribution < -0.4 is 14.2 Å². The third kappa shape index (κ3) is 6.90. The highest BCUT2D eigenvalue weighted by atomic mass is 16.5. The van der Waals surface area contributed by atoms with Gasteiger partial charge in [-0.15, -0.1) is 0 Å². The number of methoxy groups -OCH3 is 4. The maximum atomic E-state index is 10.3. The average molecular weight is 483 g/mol. The van der Waals surface area contributed by atoms with E-state index in [1.807, 2.05) is 18.2 Å². The number of nitriles is 1. The van der Waals surface area contributed by atoms with Crippen LogP contribution >= 0.6 is 0 Å². The van der Waals surface area contributed by atoms with Gasteiger partial charge in [0.2, 0.25) is 0 Å². The highest BCUT2D eigenvalue weighted by molar-refractivity contribution is 5.47. The highest BCUT2D eigenvalue weighted by Crippen LogP contribution is 2.40. The van der Waals surface area contributed by atoms with E-state index < -0.39 is 5.41 Å². The van der Waals surface area contributed by atoms with Crippen LogP contribution in [0.2, 0.25) is 0 Å². The summed E-state index contributed by atoms with van der Waals surface area (Å²) in [6.07, 6.45) is 2.65. The first-order chi connectivity index (χ1) is 16.8. The number of nitrogens with zero attached hydrogens (tertiary/aromatic N) is 2. The fourth-order valence-corrected chi connectivity index (χ4v) is 4.82. The van der Waals surface area contributed by atoms with Gasteiger partial charge in [-0.2, -0.15) is 5.26 Å². The van der Waals surface area contributed by atoms with Gasteiger partial charge >= 0.3 is 0 Å². The van der Waals surface area contributed by atoms with Crippen LogP contribution in [0.15, 0.2) is 30.3 Å². The summed E-state index contributed by atoms with van der Waals surface area (Å²) in [6, 6.07) is 12.9. The molecule has 0 aliphatic rings. The molecule has 0 bridgehead atoms. The van der Waals surface area contributed by atoms with Gasteiger partial charge < -0.3 is 23.8 Å². The number of likely N-dealkylation sites (N-methyl/N-ethyl adjacent to an activating group) is 1. The normalized spacial score (nSPS) is 12.9. The molecule has 0 saturated carbocycles. The summed E-state index contributed by atoms with van der Waals surface area (Å²) in [5.74, 6) is 2.40. The molecule has 2 aromatic carbocycles. The van der Waals surface area contributed by atoms with Gasteiger partial charge in [0.15, 0.2) is 11.5 Å². The van der Waals surface area contributed by atoms with E-state index in [0.717, 1.165) is 54.8 Å². The molecule has 0 N–H and O–H groups in total. The molecule has 0 aromatic heterocycles. The molecule has 2 rings (SSSR count). The van der Waals surface area contributed by atoms with Crippen molar-refractivity contribution < 1.29 is 18.9 Å². The van der Waals surface area contributed by atoms with Gasteiger partial charge in [0.25, 0.3) is 0 Å². The molecular weight excluding hydrogens is 440 g/mol. The maximum absolute atomic E-state index is 10.3. The van der Waals surface area contributed by atoms with Gasteiger partial charge in [0.05, 0.1) is 39.4 Å². The summed E-state index contributed by atoms with van der Waals surface area (Å²) < 4.78 is 21.8. The van der Waals surface area contributed by atoms with Crippen LogP contribution in [-0.4, -0.2) is 53.5 Å². The SMILES string of the molecule is COCc1cc(CCN(C)CCCC(C#N)(c2ccc(OC)c(OC)c2)C(C)C)cc(C)c1OC. The number of benzene rings is 2. The number of ether oxygens (including phenoxy) is 4. The fraction of sp³-hybridized carbons (Fsp3) is 0.552. The summed E-state index contributed by atoms with van der Waals surface area (Å²) in [7, 11) is 8.80. The van der Waals surface area contributed by atoms with Gasteiger partial charge in [0.1, 0.15) is 5.75 Å². The molecule has 0 aliphatic heterocycles. The molecule has 0 radical (unpaired) electrons. The van der Waals surface area contributed by atoms with E-state index in [1.165, 1.54) is 5.56 Å². The quantitative estimate of drug-likeness (QED) is 0.352. The van der Waals surface area contributed by atoms with E-state index in [0.29, 0.717) is 18.1 Å². The first kappa shape index (κ1) is 28.5. The Morgan fingerprint density at radius 3 is 2.26 bits per heavy atom. The molecule has 6 nitrogen and oxygen atoms in total. The van der Waals surface area contributed by atoms with Crippen LogP contribution in [0, 0.1) is 24.2 Å². The molecule has 0 heterocycles.